The van der Waals surface area contributed by atoms with E-state index in [1.807, 2.05) is 0 Å². The molecule has 3 N–H and O–H groups in total. The van der Waals surface area contributed by atoms with Crippen molar-refractivity contribution in [3.63, 3.8) is 0 Å². The van der Waals surface area contributed by atoms with Gasteiger partial charge in [-0.1, -0.05) is 12.1 Å². The van der Waals surface area contributed by atoms with Crippen LogP contribution in [0.15, 0.2) is 48.7 Å². The van der Waals surface area contributed by atoms with E-state index in [1.54, 1.807) is 0 Å². The van der Waals surface area contributed by atoms with Crippen LogP contribution < -0.4 is 5.73 Å². The van der Waals surface area contributed by atoms with E-state index < -0.39 is 17.4 Å². The number of aromatic nitrogens is 2. The maximum Gasteiger partial charge on any atom is 0.198 e. The molecule has 0 amide bonds. The fraction of sp³-hybridized carbons (Fsp3) is 0. The van der Waals surface area contributed by atoms with Crippen molar-refractivity contribution in [3.05, 3.63) is 71.4 Å². The first-order valence-electron chi connectivity index (χ1n) is 6.60. The van der Waals surface area contributed by atoms with E-state index in [4.69, 9.17) is 5.73 Å². The van der Waals surface area contributed by atoms with Crippen LogP contribution in [0.5, 0.6) is 5.75 Å². The van der Waals surface area contributed by atoms with Crippen LogP contribution in [0.2, 0.25) is 0 Å². The normalized spacial score (nSPS) is 10.7. The Labute approximate surface area is 129 Å². The Balaban J connectivity index is 2.04. The lowest BCUT2D eigenvalue weighted by Gasteiger charge is -2.06. The summed E-state index contributed by atoms with van der Waals surface area (Å²) in [5.41, 5.74) is 6.08. The van der Waals surface area contributed by atoms with Gasteiger partial charge in [-0.15, -0.1) is 0 Å². The van der Waals surface area contributed by atoms with E-state index in [0.717, 1.165) is 10.7 Å². The summed E-state index contributed by atoms with van der Waals surface area (Å²) in [7, 11) is 0. The fourth-order valence-electron chi connectivity index (χ4n) is 2.18. The van der Waals surface area contributed by atoms with Gasteiger partial charge < -0.3 is 10.8 Å². The van der Waals surface area contributed by atoms with E-state index in [-0.39, 0.29) is 28.4 Å². The van der Waals surface area contributed by atoms with Gasteiger partial charge in [0.2, 0.25) is 0 Å². The van der Waals surface area contributed by atoms with Gasteiger partial charge >= 0.3 is 0 Å². The minimum absolute atomic E-state index is 0.0549. The highest BCUT2D eigenvalue weighted by atomic mass is 19.1. The molecule has 0 saturated carbocycles. The van der Waals surface area contributed by atoms with Gasteiger partial charge in [0.1, 0.15) is 23.1 Å². The Morgan fingerprint density at radius 2 is 1.96 bits per heavy atom. The highest BCUT2D eigenvalue weighted by molar-refractivity contribution is 6.11. The minimum Gasteiger partial charge on any atom is -0.508 e. The zero-order valence-corrected chi connectivity index (χ0v) is 11.7. The van der Waals surface area contributed by atoms with Crippen LogP contribution in [0.1, 0.15) is 15.9 Å². The standard InChI is InChI=1S/C16H11F2N3O2/c17-10-4-5-14(13(18)7-10)21-16(19)12(8-20-21)15(23)9-2-1-3-11(22)6-9/h1-8,22H,19H2. The average molecular weight is 315 g/mol. The van der Waals surface area contributed by atoms with Gasteiger partial charge in [-0.25, -0.2) is 13.5 Å². The molecular formula is C16H11F2N3O2. The minimum atomic E-state index is -0.851. The number of phenolic OH excluding ortho intramolecular Hbond substituents is 1. The number of benzene rings is 2. The second kappa shape index (κ2) is 5.53. The molecule has 1 aromatic heterocycles. The monoisotopic (exact) mass is 315 g/mol. The van der Waals surface area contributed by atoms with Crippen molar-refractivity contribution in [2.75, 3.05) is 5.73 Å². The predicted octanol–water partition coefficient (Wildman–Crippen LogP) is 2.67. The number of anilines is 1. The van der Waals surface area contributed by atoms with Crippen molar-refractivity contribution in [1.82, 2.24) is 9.78 Å². The van der Waals surface area contributed by atoms with Crippen molar-refractivity contribution in [2.24, 2.45) is 0 Å². The first-order valence-corrected chi connectivity index (χ1v) is 6.60. The molecule has 3 rings (SSSR count). The molecule has 7 heteroatoms. The summed E-state index contributed by atoms with van der Waals surface area (Å²) < 4.78 is 27.8. The molecule has 0 radical (unpaired) electrons. The summed E-state index contributed by atoms with van der Waals surface area (Å²) >= 11 is 0. The topological polar surface area (TPSA) is 81.1 Å². The van der Waals surface area contributed by atoms with Gasteiger partial charge in [0.25, 0.3) is 0 Å². The number of nitrogens with zero attached hydrogens (tertiary/aromatic N) is 2. The van der Waals surface area contributed by atoms with Crippen LogP contribution in [0.3, 0.4) is 0 Å². The zero-order chi connectivity index (χ0) is 16.6. The molecule has 0 aliphatic carbocycles. The molecule has 0 unspecified atom stereocenters. The number of halogens is 2. The molecule has 116 valence electrons. The number of aromatic hydroxyl groups is 1. The summed E-state index contributed by atoms with van der Waals surface area (Å²) in [4.78, 5) is 12.4. The highest BCUT2D eigenvalue weighted by Crippen LogP contribution is 2.23. The summed E-state index contributed by atoms with van der Waals surface area (Å²) in [5.74, 6) is -2.19. The quantitative estimate of drug-likeness (QED) is 0.728. The lowest BCUT2D eigenvalue weighted by molar-refractivity contribution is 0.103. The van der Waals surface area contributed by atoms with E-state index in [2.05, 4.69) is 5.10 Å². The number of carbonyl (C=O) groups excluding carboxylic acids is 1. The van der Waals surface area contributed by atoms with Crippen molar-refractivity contribution in [3.8, 4) is 11.4 Å². The van der Waals surface area contributed by atoms with Gasteiger partial charge in [-0.05, 0) is 24.3 Å². The highest BCUT2D eigenvalue weighted by Gasteiger charge is 2.19. The van der Waals surface area contributed by atoms with Gasteiger partial charge in [-0.2, -0.15) is 5.10 Å². The third kappa shape index (κ3) is 2.64. The number of nitrogen functional groups attached to an aromatic ring is 1. The number of hydrogen-bond donors (Lipinski definition) is 2. The van der Waals surface area contributed by atoms with Crippen LogP contribution in [0, 0.1) is 11.6 Å². The summed E-state index contributed by atoms with van der Waals surface area (Å²) in [5, 5.41) is 13.3. The van der Waals surface area contributed by atoms with Crippen molar-refractivity contribution < 1.29 is 18.7 Å². The first kappa shape index (κ1) is 14.7. The fourth-order valence-corrected chi connectivity index (χ4v) is 2.18. The van der Waals surface area contributed by atoms with E-state index in [1.165, 1.54) is 36.5 Å². The largest absolute Gasteiger partial charge is 0.508 e. The number of rotatable bonds is 3. The summed E-state index contributed by atoms with van der Waals surface area (Å²) in [6.07, 6.45) is 1.20. The third-order valence-electron chi connectivity index (χ3n) is 3.30. The van der Waals surface area contributed by atoms with Crippen LogP contribution in [0.4, 0.5) is 14.6 Å². The predicted molar refractivity (Wildman–Crippen MR) is 79.4 cm³/mol. The Kier molecular flexibility index (Phi) is 3.53. The van der Waals surface area contributed by atoms with Gasteiger partial charge in [0, 0.05) is 11.6 Å². The molecule has 23 heavy (non-hydrogen) atoms. The number of ketones is 1. The Bertz CT molecular complexity index is 906. The van der Waals surface area contributed by atoms with Crippen LogP contribution in [-0.4, -0.2) is 20.7 Å². The molecule has 3 aromatic rings. The smallest absolute Gasteiger partial charge is 0.198 e. The van der Waals surface area contributed by atoms with E-state index in [0.29, 0.717) is 6.07 Å². The van der Waals surface area contributed by atoms with Crippen LogP contribution in [0.25, 0.3) is 5.69 Å². The van der Waals surface area contributed by atoms with Crippen molar-refractivity contribution in [1.29, 1.82) is 0 Å². The van der Waals surface area contributed by atoms with Gasteiger partial charge in [0.15, 0.2) is 11.6 Å². The molecule has 1 heterocycles. The molecule has 0 spiro atoms. The van der Waals surface area contributed by atoms with E-state index in [9.17, 15) is 18.7 Å². The summed E-state index contributed by atoms with van der Waals surface area (Å²) in [6.45, 7) is 0. The SMILES string of the molecule is Nc1c(C(=O)c2cccc(O)c2)cnn1-c1ccc(F)cc1F. The molecule has 0 aliphatic heterocycles. The van der Waals surface area contributed by atoms with Gasteiger partial charge in [0.05, 0.1) is 11.8 Å². The lowest BCUT2D eigenvalue weighted by atomic mass is 10.1. The number of carbonyl (C=O) groups is 1. The first-order chi connectivity index (χ1) is 11.0. The van der Waals surface area contributed by atoms with Crippen LogP contribution >= 0.6 is 0 Å². The number of nitrogens with two attached hydrogens (primary N) is 1. The molecular weight excluding hydrogens is 304 g/mol. The van der Waals surface area contributed by atoms with E-state index >= 15 is 0 Å². The Morgan fingerprint density at radius 3 is 2.65 bits per heavy atom. The second-order valence-electron chi connectivity index (χ2n) is 4.83. The molecule has 5 nitrogen and oxygen atoms in total. The van der Waals surface area contributed by atoms with Crippen LogP contribution in [-0.2, 0) is 0 Å². The second-order valence-corrected chi connectivity index (χ2v) is 4.83. The maximum absolute atomic E-state index is 13.8. The average Bonchev–Trinajstić information content (AvgIpc) is 2.88. The molecule has 0 aliphatic rings. The Hall–Kier alpha value is -3.22. The lowest BCUT2D eigenvalue weighted by Crippen LogP contribution is -2.08. The zero-order valence-electron chi connectivity index (χ0n) is 11.7. The summed E-state index contributed by atoms with van der Waals surface area (Å²) in [6, 6.07) is 8.69. The van der Waals surface area contributed by atoms with Gasteiger partial charge in [-0.3, -0.25) is 4.79 Å². The van der Waals surface area contributed by atoms with Crippen molar-refractivity contribution >= 4 is 11.6 Å². The number of phenols is 1. The van der Waals surface area contributed by atoms with Crippen molar-refractivity contribution in [2.45, 2.75) is 0 Å². The molecule has 0 fully saturated rings. The maximum atomic E-state index is 13.8. The third-order valence-corrected chi connectivity index (χ3v) is 3.30. The molecule has 0 bridgehead atoms. The number of hydrogen-bond acceptors (Lipinski definition) is 4. The Morgan fingerprint density at radius 1 is 1.17 bits per heavy atom. The molecule has 0 atom stereocenters. The molecule has 0 saturated heterocycles. The molecule has 2 aromatic carbocycles.